The first kappa shape index (κ1) is 25.2. The van der Waals surface area contributed by atoms with Crippen LogP contribution in [0.25, 0.3) is 55.7 Å². The van der Waals surface area contributed by atoms with E-state index in [1.807, 2.05) is 41.7 Å². The molecule has 1 unspecified atom stereocenters. The number of anilines is 1. The maximum Gasteiger partial charge on any atom is 0.229 e. The molecule has 0 aliphatic carbocycles. The Morgan fingerprint density at radius 3 is 2.44 bits per heavy atom. The van der Waals surface area contributed by atoms with Crippen molar-refractivity contribution in [3.05, 3.63) is 78.9 Å². The van der Waals surface area contributed by atoms with Crippen LogP contribution >= 0.6 is 7.95 Å². The Morgan fingerprint density at radius 2 is 1.72 bits per heavy atom. The number of sulfonamides is 1. The highest BCUT2D eigenvalue weighted by atomic mass is 32.2. The van der Waals surface area contributed by atoms with E-state index >= 15 is 0 Å². The summed E-state index contributed by atoms with van der Waals surface area (Å²) in [5, 5.41) is 5.75. The molecule has 0 saturated heterocycles. The predicted molar refractivity (Wildman–Crippen MR) is 158 cm³/mol. The molecule has 0 amide bonds. The van der Waals surface area contributed by atoms with Gasteiger partial charge in [0.1, 0.15) is 13.3 Å². The number of fused-ring (bicyclic) bond motifs is 2. The van der Waals surface area contributed by atoms with Crippen molar-refractivity contribution in [1.82, 2.24) is 29.5 Å². The van der Waals surface area contributed by atoms with E-state index in [9.17, 15) is 8.42 Å². The summed E-state index contributed by atoms with van der Waals surface area (Å²) in [5.74, 6) is 0.569. The molecule has 4 aromatic heterocycles. The first-order chi connectivity index (χ1) is 18.7. The zero-order chi connectivity index (χ0) is 27.3. The van der Waals surface area contributed by atoms with Gasteiger partial charge in [-0.15, -0.1) is 0 Å². The quantitative estimate of drug-likeness (QED) is 0.213. The fraction of sp³-hybridized carbons (Fsp3) is 0.111. The minimum Gasteiger partial charge on any atom is -0.337 e. The van der Waals surface area contributed by atoms with Crippen molar-refractivity contribution in [2.75, 3.05) is 17.6 Å². The van der Waals surface area contributed by atoms with Crippen molar-refractivity contribution < 1.29 is 8.42 Å². The van der Waals surface area contributed by atoms with Gasteiger partial charge in [0.2, 0.25) is 10.0 Å². The van der Waals surface area contributed by atoms with Gasteiger partial charge in [-0.2, -0.15) is 5.10 Å². The number of H-pyrrole nitrogens is 1. The molecule has 6 aromatic rings. The summed E-state index contributed by atoms with van der Waals surface area (Å²) in [7, 11) is 1.89. The maximum absolute atomic E-state index is 11.7. The van der Waals surface area contributed by atoms with Crippen LogP contribution in [0.2, 0.25) is 0 Å². The third-order valence-electron chi connectivity index (χ3n) is 6.49. The second-order valence-electron chi connectivity index (χ2n) is 9.33. The molecule has 192 valence electrons. The monoisotopic (exact) mass is 551 g/mol. The first-order valence-corrected chi connectivity index (χ1v) is 15.7. The van der Waals surface area contributed by atoms with Crippen molar-refractivity contribution in [2.24, 2.45) is 0 Å². The molecule has 1 atom stereocenters. The summed E-state index contributed by atoms with van der Waals surface area (Å²) in [6.07, 6.45) is 8.41. The predicted octanol–water partition coefficient (Wildman–Crippen LogP) is 5.34. The van der Waals surface area contributed by atoms with E-state index in [4.69, 9.17) is 17.6 Å². The minimum absolute atomic E-state index is 0.453. The number of aromatic amines is 1. The Hall–Kier alpha value is -4.08. The molecule has 0 bridgehead atoms. The van der Waals surface area contributed by atoms with Gasteiger partial charge in [-0.1, -0.05) is 6.07 Å². The zero-order valence-electron chi connectivity index (χ0n) is 21.4. The highest BCUT2D eigenvalue weighted by Crippen LogP contribution is 2.39. The van der Waals surface area contributed by atoms with Crippen LogP contribution in [0.5, 0.6) is 0 Å². The summed E-state index contributed by atoms with van der Waals surface area (Å²) in [6.45, 7) is 4.03. The molecular weight excluding hydrogens is 528 g/mol. The molecule has 12 heteroatoms. The van der Waals surface area contributed by atoms with Crippen LogP contribution in [0.4, 0.5) is 5.69 Å². The largest absolute Gasteiger partial charge is 0.337 e. The zero-order valence-corrected chi connectivity index (χ0v) is 23.1. The van der Waals surface area contributed by atoms with Gasteiger partial charge >= 0.3 is 0 Å². The average molecular weight is 551 g/mol. The molecule has 4 heterocycles. The van der Waals surface area contributed by atoms with E-state index in [0.717, 1.165) is 45.0 Å². The highest BCUT2D eigenvalue weighted by molar-refractivity contribution is 7.92. The minimum atomic E-state index is -3.40. The van der Waals surface area contributed by atoms with Gasteiger partial charge in [0.25, 0.3) is 0 Å². The second-order valence-corrected chi connectivity index (χ2v) is 12.6. The second kappa shape index (κ2) is 9.59. The van der Waals surface area contributed by atoms with Gasteiger partial charge in [0.15, 0.2) is 5.82 Å². The molecule has 0 aliphatic rings. The number of hydrogen-bond donors (Lipinski definition) is 2. The van der Waals surface area contributed by atoms with E-state index in [1.54, 1.807) is 30.6 Å². The highest BCUT2D eigenvalue weighted by Gasteiger charge is 2.19. The number of hydrogen-bond acceptors (Lipinski definition) is 6. The topological polar surface area (TPSA) is 118 Å². The number of benzene rings is 2. The van der Waals surface area contributed by atoms with Crippen molar-refractivity contribution in [3.63, 3.8) is 0 Å². The normalized spacial score (nSPS) is 12.7. The molecule has 0 fully saturated rings. The number of pyridine rings is 2. The molecular formula is C27H23BN7O2PS. The van der Waals surface area contributed by atoms with Crippen LogP contribution in [-0.4, -0.2) is 58.4 Å². The van der Waals surface area contributed by atoms with Crippen LogP contribution in [0.15, 0.2) is 73.3 Å². The molecule has 0 saturated carbocycles. The lowest BCUT2D eigenvalue weighted by Gasteiger charge is -2.12. The van der Waals surface area contributed by atoms with Crippen LogP contribution in [-0.2, 0) is 10.0 Å². The number of nitrogens with zero attached hydrogens (tertiary/aromatic N) is 5. The van der Waals surface area contributed by atoms with E-state index < -0.39 is 18.0 Å². The summed E-state index contributed by atoms with van der Waals surface area (Å²) >= 11 is 0. The van der Waals surface area contributed by atoms with Crippen molar-refractivity contribution in [1.29, 1.82) is 0 Å². The van der Waals surface area contributed by atoms with Crippen molar-refractivity contribution >= 4 is 53.2 Å². The van der Waals surface area contributed by atoms with E-state index in [-0.39, 0.29) is 0 Å². The molecule has 6 rings (SSSR count). The van der Waals surface area contributed by atoms with Crippen LogP contribution < -0.4 is 4.72 Å². The Kier molecular flexibility index (Phi) is 6.20. The van der Waals surface area contributed by atoms with E-state index in [1.165, 1.54) is 0 Å². The van der Waals surface area contributed by atoms with Gasteiger partial charge in [-0.3, -0.25) is 19.1 Å². The molecule has 2 radical (unpaired) electrons. The summed E-state index contributed by atoms with van der Waals surface area (Å²) in [4.78, 5) is 16.7. The Morgan fingerprint density at radius 1 is 0.974 bits per heavy atom. The molecule has 0 aliphatic heterocycles. The Balaban J connectivity index is 1.50. The smallest absolute Gasteiger partial charge is 0.229 e. The fourth-order valence-electron chi connectivity index (χ4n) is 4.72. The van der Waals surface area contributed by atoms with Gasteiger partial charge in [0, 0.05) is 41.3 Å². The Labute approximate surface area is 228 Å². The third-order valence-corrected chi connectivity index (χ3v) is 8.00. The molecule has 0 spiro atoms. The fourth-order valence-corrected chi connectivity index (χ4v) is 6.02. The van der Waals surface area contributed by atoms with Crippen LogP contribution in [0.1, 0.15) is 5.56 Å². The van der Waals surface area contributed by atoms with Crippen molar-refractivity contribution in [3.8, 4) is 33.8 Å². The number of rotatable bonds is 6. The molecule has 9 nitrogen and oxygen atoms in total. The van der Waals surface area contributed by atoms with E-state index in [0.29, 0.717) is 28.2 Å². The maximum atomic E-state index is 11.7. The SMILES string of the molecule is [B]P(C)n1nc(-c2nc3ccc(NS(C)(=O)=O)cc3[nH]2)c2cc(-c3cncc(-c4ccncc4)c3C)ccc21. The van der Waals surface area contributed by atoms with Crippen molar-refractivity contribution in [2.45, 2.75) is 6.92 Å². The van der Waals surface area contributed by atoms with Crippen LogP contribution in [0, 0.1) is 6.92 Å². The lowest BCUT2D eigenvalue weighted by molar-refractivity contribution is 0.607. The van der Waals surface area contributed by atoms with Crippen LogP contribution in [0.3, 0.4) is 0 Å². The Bertz CT molecular complexity index is 1970. The number of nitrogens with one attached hydrogen (secondary N) is 2. The van der Waals surface area contributed by atoms with Gasteiger partial charge < -0.3 is 4.98 Å². The summed E-state index contributed by atoms with van der Waals surface area (Å²) < 4.78 is 27.7. The number of aromatic nitrogens is 6. The summed E-state index contributed by atoms with van der Waals surface area (Å²) in [6, 6.07) is 15.3. The molecule has 39 heavy (non-hydrogen) atoms. The molecule has 2 N–H and O–H groups in total. The van der Waals surface area contributed by atoms with Gasteiger partial charge in [-0.25, -0.2) is 13.4 Å². The number of imidazole rings is 1. The standard InChI is InChI=1S/C27H23BN7O2PS/c1-16-21(17-8-10-29-11-9-17)14-30-15-22(16)18-4-7-25-20(12-18)26(33-35(25)38(2)28)27-31-23-6-5-19(13-24(23)32-27)34-39(3,36)37/h4-15,34H,1-3H3,(H,31,32). The lowest BCUT2D eigenvalue weighted by atomic mass is 9.95. The first-order valence-electron chi connectivity index (χ1n) is 12.0. The van der Waals surface area contributed by atoms with E-state index in [2.05, 4.69) is 38.7 Å². The summed E-state index contributed by atoms with van der Waals surface area (Å²) in [5.41, 5.74) is 8.61. The van der Waals surface area contributed by atoms with Gasteiger partial charge in [0.05, 0.1) is 28.5 Å². The third kappa shape index (κ3) is 4.79. The average Bonchev–Trinajstić information content (AvgIpc) is 3.49. The molecule has 2 aromatic carbocycles. The van der Waals surface area contributed by atoms with Gasteiger partial charge in [-0.05, 0) is 80.7 Å². The lowest BCUT2D eigenvalue weighted by Crippen LogP contribution is -2.09.